The van der Waals surface area contributed by atoms with Crippen molar-refractivity contribution in [2.45, 2.75) is 56.3 Å². The molecular weight excluding hydrogens is 379 g/mol. The average molecular weight is 409 g/mol. The Morgan fingerprint density at radius 3 is 1.69 bits per heavy atom. The van der Waals surface area contributed by atoms with Crippen LogP contribution in [0.5, 0.6) is 0 Å². The average Bonchev–Trinajstić information content (AvgIpc) is 2.63. The van der Waals surface area contributed by atoms with Gasteiger partial charge in [-0.05, 0) is 21.8 Å². The highest BCUT2D eigenvalue weighted by molar-refractivity contribution is 6.99. The molecule has 1 nitrogen and oxygen atoms in total. The van der Waals surface area contributed by atoms with E-state index in [-0.39, 0.29) is 15.8 Å². The minimum atomic E-state index is -2.52. The lowest BCUT2D eigenvalue weighted by Gasteiger charge is -2.43. The maximum Gasteiger partial charge on any atom is 0.261 e. The predicted octanol–water partition coefficient (Wildman–Crippen LogP) is 5.58. The van der Waals surface area contributed by atoms with Gasteiger partial charge in [0.15, 0.2) is 0 Å². The van der Waals surface area contributed by atoms with Crippen molar-refractivity contribution in [1.29, 1.82) is 0 Å². The molecule has 0 fully saturated rings. The molecular formula is C22H30Cl2OSi. The van der Waals surface area contributed by atoms with E-state index in [1.54, 1.807) is 0 Å². The predicted molar refractivity (Wildman–Crippen MR) is 118 cm³/mol. The first-order valence-corrected chi connectivity index (χ1v) is 12.1. The smallest absolute Gasteiger partial charge is 0.261 e. The van der Waals surface area contributed by atoms with Gasteiger partial charge in [-0.15, -0.1) is 23.2 Å². The Labute approximate surface area is 169 Å². The molecule has 0 aliphatic rings. The van der Waals surface area contributed by atoms with E-state index in [4.69, 9.17) is 27.6 Å². The maximum absolute atomic E-state index is 6.82. The van der Waals surface area contributed by atoms with E-state index in [9.17, 15) is 0 Å². The number of halogens is 2. The third-order valence-electron chi connectivity index (χ3n) is 4.83. The summed E-state index contributed by atoms with van der Waals surface area (Å²) >= 11 is 13.1. The second-order valence-corrected chi connectivity index (χ2v) is 13.2. The van der Waals surface area contributed by atoms with Gasteiger partial charge in [-0.3, -0.25) is 0 Å². The van der Waals surface area contributed by atoms with Gasteiger partial charge < -0.3 is 4.43 Å². The fourth-order valence-electron chi connectivity index (χ4n) is 3.53. The molecule has 0 aliphatic heterocycles. The van der Waals surface area contributed by atoms with Crippen molar-refractivity contribution in [3.8, 4) is 0 Å². The molecule has 2 aromatic carbocycles. The molecule has 142 valence electrons. The van der Waals surface area contributed by atoms with Gasteiger partial charge in [0.2, 0.25) is 0 Å². The van der Waals surface area contributed by atoms with Gasteiger partial charge in [0, 0.05) is 0 Å². The molecule has 0 amide bonds. The summed E-state index contributed by atoms with van der Waals surface area (Å²) in [6.07, 6.45) is 1.93. The van der Waals surface area contributed by atoms with Gasteiger partial charge in [0.25, 0.3) is 8.32 Å². The van der Waals surface area contributed by atoms with E-state index in [0.29, 0.717) is 6.61 Å². The standard InChI is InChI=1S/C22H30Cl2OSi/c1-5-12-20(23)21(24)17-25-26(22(2,3)4,18-13-8-6-9-14-18)19-15-10-7-11-16-19/h6-11,13-16,20-21H,5,12,17H2,1-4H3/t20-,21+/m1/s1. The first kappa shape index (κ1) is 21.5. The number of hydrogen-bond acceptors (Lipinski definition) is 1. The van der Waals surface area contributed by atoms with Crippen LogP contribution >= 0.6 is 23.2 Å². The van der Waals surface area contributed by atoms with Crippen LogP contribution in [0.4, 0.5) is 0 Å². The third-order valence-corrected chi connectivity index (χ3v) is 10.9. The summed E-state index contributed by atoms with van der Waals surface area (Å²) < 4.78 is 6.82. The zero-order valence-electron chi connectivity index (χ0n) is 16.2. The molecule has 0 saturated heterocycles. The molecule has 0 spiro atoms. The van der Waals surface area contributed by atoms with Crippen molar-refractivity contribution >= 4 is 41.9 Å². The Balaban J connectivity index is 2.47. The molecule has 2 atom stereocenters. The van der Waals surface area contributed by atoms with Crippen LogP contribution in [0.2, 0.25) is 5.04 Å². The second kappa shape index (κ2) is 9.41. The minimum absolute atomic E-state index is 0.0428. The van der Waals surface area contributed by atoms with Crippen LogP contribution in [0, 0.1) is 0 Å². The van der Waals surface area contributed by atoms with E-state index < -0.39 is 8.32 Å². The SMILES string of the molecule is CCC[C@@H](Cl)[C@@H](Cl)CO[Si](c1ccccc1)(c1ccccc1)C(C)(C)C. The van der Waals surface area contributed by atoms with Gasteiger partial charge in [-0.1, -0.05) is 94.8 Å². The highest BCUT2D eigenvalue weighted by Crippen LogP contribution is 2.37. The van der Waals surface area contributed by atoms with Crippen molar-refractivity contribution in [3.05, 3.63) is 60.7 Å². The first-order valence-electron chi connectivity index (χ1n) is 9.36. The summed E-state index contributed by atoms with van der Waals surface area (Å²) in [4.78, 5) is 0. The molecule has 0 aliphatic carbocycles. The zero-order valence-corrected chi connectivity index (χ0v) is 18.7. The Bertz CT molecular complexity index is 615. The van der Waals surface area contributed by atoms with Crippen LogP contribution < -0.4 is 10.4 Å². The molecule has 4 heteroatoms. The van der Waals surface area contributed by atoms with Crippen LogP contribution in [0.25, 0.3) is 0 Å². The minimum Gasteiger partial charge on any atom is -0.406 e. The summed E-state index contributed by atoms with van der Waals surface area (Å²) in [5.74, 6) is 0. The normalized spacial score (nSPS) is 14.8. The van der Waals surface area contributed by atoms with Crippen molar-refractivity contribution in [2.24, 2.45) is 0 Å². The van der Waals surface area contributed by atoms with Crippen molar-refractivity contribution in [1.82, 2.24) is 0 Å². The highest BCUT2D eigenvalue weighted by atomic mass is 35.5. The molecule has 0 N–H and O–H groups in total. The molecule has 0 saturated carbocycles. The summed E-state index contributed by atoms with van der Waals surface area (Å²) in [7, 11) is -2.52. The molecule has 0 bridgehead atoms. The monoisotopic (exact) mass is 408 g/mol. The molecule has 2 rings (SSSR count). The van der Waals surface area contributed by atoms with Crippen molar-refractivity contribution < 1.29 is 4.43 Å². The Morgan fingerprint density at radius 2 is 1.31 bits per heavy atom. The molecule has 0 aromatic heterocycles. The lowest BCUT2D eigenvalue weighted by atomic mass is 10.2. The van der Waals surface area contributed by atoms with Crippen LogP contribution in [-0.2, 0) is 4.43 Å². The van der Waals surface area contributed by atoms with Gasteiger partial charge in [-0.2, -0.15) is 0 Å². The van der Waals surface area contributed by atoms with Gasteiger partial charge >= 0.3 is 0 Å². The molecule has 0 radical (unpaired) electrons. The summed E-state index contributed by atoms with van der Waals surface area (Å²) in [5.41, 5.74) is 0. The molecule has 0 unspecified atom stereocenters. The van der Waals surface area contributed by atoms with E-state index in [1.807, 2.05) is 0 Å². The number of rotatable bonds is 8. The lowest BCUT2D eigenvalue weighted by Crippen LogP contribution is -2.67. The number of benzene rings is 2. The second-order valence-electron chi connectivity index (χ2n) is 7.79. The summed E-state index contributed by atoms with van der Waals surface area (Å²) in [5, 5.41) is 2.23. The van der Waals surface area contributed by atoms with Crippen LogP contribution in [-0.4, -0.2) is 25.7 Å². The Morgan fingerprint density at radius 1 is 0.846 bits per heavy atom. The molecule has 26 heavy (non-hydrogen) atoms. The van der Waals surface area contributed by atoms with Crippen molar-refractivity contribution in [2.75, 3.05) is 6.61 Å². The van der Waals surface area contributed by atoms with E-state index >= 15 is 0 Å². The summed E-state index contributed by atoms with van der Waals surface area (Å²) in [6, 6.07) is 21.2. The number of hydrogen-bond donors (Lipinski definition) is 0. The quantitative estimate of drug-likeness (QED) is 0.409. The first-order chi connectivity index (χ1) is 12.3. The van der Waals surface area contributed by atoms with Crippen LogP contribution in [0.3, 0.4) is 0 Å². The van der Waals surface area contributed by atoms with Gasteiger partial charge in [-0.25, -0.2) is 0 Å². The topological polar surface area (TPSA) is 9.23 Å². The summed E-state index contributed by atoms with van der Waals surface area (Å²) in [6.45, 7) is 9.40. The van der Waals surface area contributed by atoms with E-state index in [2.05, 4.69) is 88.4 Å². The number of alkyl halides is 2. The fraction of sp³-hybridized carbons (Fsp3) is 0.455. The molecule has 0 heterocycles. The fourth-order valence-corrected chi connectivity index (χ4v) is 8.70. The van der Waals surface area contributed by atoms with Gasteiger partial charge in [0.1, 0.15) is 0 Å². The highest BCUT2D eigenvalue weighted by Gasteiger charge is 2.50. The van der Waals surface area contributed by atoms with Crippen molar-refractivity contribution in [3.63, 3.8) is 0 Å². The lowest BCUT2D eigenvalue weighted by molar-refractivity contribution is 0.291. The molecule has 2 aromatic rings. The third kappa shape index (κ3) is 4.72. The van der Waals surface area contributed by atoms with Crippen LogP contribution in [0.1, 0.15) is 40.5 Å². The Hall–Kier alpha value is -0.803. The largest absolute Gasteiger partial charge is 0.406 e. The zero-order chi connectivity index (χ0) is 19.2. The van der Waals surface area contributed by atoms with E-state index in [0.717, 1.165) is 12.8 Å². The Kier molecular flexibility index (Phi) is 7.78. The van der Waals surface area contributed by atoms with E-state index in [1.165, 1.54) is 10.4 Å². The van der Waals surface area contributed by atoms with Gasteiger partial charge in [0.05, 0.1) is 17.4 Å². The van der Waals surface area contributed by atoms with Crippen LogP contribution in [0.15, 0.2) is 60.7 Å². The maximum atomic E-state index is 6.82.